The lowest BCUT2D eigenvalue weighted by molar-refractivity contribution is -0.245. The minimum Gasteiger partial charge on any atom is -0.508 e. The Hall–Kier alpha value is -2.70. The minimum absolute atomic E-state index is 0.0919. The van der Waals surface area contributed by atoms with Gasteiger partial charge in [0.15, 0.2) is 5.78 Å². The summed E-state index contributed by atoms with van der Waals surface area (Å²) in [6, 6.07) is 15.7. The molecule has 194 valence electrons. The van der Waals surface area contributed by atoms with Gasteiger partial charge in [0.2, 0.25) is 0 Å². The molecule has 0 saturated heterocycles. The van der Waals surface area contributed by atoms with Crippen LogP contribution in [0.5, 0.6) is 5.75 Å². The number of ketones is 1. The van der Waals surface area contributed by atoms with E-state index in [0.717, 1.165) is 24.0 Å². The second-order valence-electron chi connectivity index (χ2n) is 11.9. The van der Waals surface area contributed by atoms with E-state index in [-0.39, 0.29) is 41.8 Å². The Kier molecular flexibility index (Phi) is 7.06. The highest BCUT2D eigenvalue weighted by Crippen LogP contribution is 2.70. The van der Waals surface area contributed by atoms with E-state index in [0.29, 0.717) is 0 Å². The molecular weight excluding hydrogens is 454 g/mol. The van der Waals surface area contributed by atoms with Gasteiger partial charge in [0, 0.05) is 12.3 Å². The number of benzene rings is 2. The number of phenolic OH excluding ortho intramolecular Hbond substituents is 1. The van der Waals surface area contributed by atoms with Gasteiger partial charge >= 0.3 is 5.97 Å². The molecule has 6 heteroatoms. The zero-order chi connectivity index (χ0) is 26.3. The van der Waals surface area contributed by atoms with Crippen LogP contribution in [0.4, 0.5) is 0 Å². The number of ether oxygens (including phenoxy) is 1. The maximum atomic E-state index is 14.0. The molecule has 0 heterocycles. The first-order chi connectivity index (χ1) is 16.9. The topological polar surface area (TPSA) is 76.1 Å². The lowest BCUT2D eigenvalue weighted by atomic mass is 9.83. The van der Waals surface area contributed by atoms with E-state index in [9.17, 15) is 14.7 Å². The normalized spacial score (nSPS) is 25.8. The highest BCUT2D eigenvalue weighted by atomic mass is 16.7. The molecule has 4 rings (SSSR count). The van der Waals surface area contributed by atoms with Gasteiger partial charge in [-0.1, -0.05) is 63.2 Å². The molecule has 0 bridgehead atoms. The molecule has 2 aromatic rings. The molecule has 2 saturated carbocycles. The third-order valence-corrected chi connectivity index (χ3v) is 7.87. The van der Waals surface area contributed by atoms with Crippen LogP contribution in [-0.2, 0) is 32.2 Å². The maximum absolute atomic E-state index is 14.0. The van der Waals surface area contributed by atoms with E-state index < -0.39 is 23.2 Å². The number of phenols is 1. The molecule has 0 aromatic heterocycles. The molecule has 0 amide bonds. The van der Waals surface area contributed by atoms with Crippen molar-refractivity contribution < 1.29 is 24.3 Å². The van der Waals surface area contributed by atoms with Gasteiger partial charge in [0.05, 0.1) is 6.61 Å². The lowest BCUT2D eigenvalue weighted by Crippen LogP contribution is -2.58. The highest BCUT2D eigenvalue weighted by molar-refractivity contribution is 5.97. The number of hydrogen-bond acceptors (Lipinski definition) is 6. The van der Waals surface area contributed by atoms with Crippen molar-refractivity contribution in [2.45, 2.75) is 84.6 Å². The van der Waals surface area contributed by atoms with Crippen LogP contribution in [-0.4, -0.2) is 39.1 Å². The van der Waals surface area contributed by atoms with Gasteiger partial charge in [-0.25, -0.2) is 0 Å². The number of hydroxylamine groups is 2. The number of fused-ring (bicyclic) bond motifs is 1. The second kappa shape index (κ2) is 9.64. The summed E-state index contributed by atoms with van der Waals surface area (Å²) < 4.78 is 5.89. The van der Waals surface area contributed by atoms with Gasteiger partial charge in [0.25, 0.3) is 0 Å². The lowest BCUT2D eigenvalue weighted by Gasteiger charge is -2.41. The Labute approximate surface area is 214 Å². The predicted octanol–water partition coefficient (Wildman–Crippen LogP) is 5.47. The Morgan fingerprint density at radius 3 is 2.31 bits per heavy atom. The van der Waals surface area contributed by atoms with E-state index in [2.05, 4.69) is 13.8 Å². The predicted molar refractivity (Wildman–Crippen MR) is 138 cm³/mol. The van der Waals surface area contributed by atoms with Gasteiger partial charge in [-0.15, -0.1) is 0 Å². The molecule has 36 heavy (non-hydrogen) atoms. The summed E-state index contributed by atoms with van der Waals surface area (Å²) in [4.78, 5) is 34.3. The van der Waals surface area contributed by atoms with Gasteiger partial charge < -0.3 is 9.84 Å². The van der Waals surface area contributed by atoms with Crippen molar-refractivity contribution in [2.75, 3.05) is 0 Å². The molecule has 0 radical (unpaired) electrons. The van der Waals surface area contributed by atoms with Crippen molar-refractivity contribution in [1.82, 2.24) is 5.06 Å². The molecule has 2 fully saturated rings. The molecule has 0 spiro atoms. The quantitative estimate of drug-likeness (QED) is 0.388. The van der Waals surface area contributed by atoms with E-state index >= 15 is 0 Å². The standard InChI is InChI=1S/C30H39NO5/c1-20-12-17-25-29(5,6)30(25,26(20)33)31(35-19-22-10-8-7-9-11-22)24(27(34)36-28(2,3)4)18-21-13-15-23(32)16-14-21/h7-11,13-16,20,24-25,32H,12,17-19H2,1-6H3/t20?,24-,25?,30?/m0/s1. The summed E-state index contributed by atoms with van der Waals surface area (Å²) in [7, 11) is 0. The van der Waals surface area contributed by atoms with Crippen LogP contribution in [0.15, 0.2) is 54.6 Å². The summed E-state index contributed by atoms with van der Waals surface area (Å²) in [6.07, 6.45) is 2.04. The molecule has 0 aliphatic heterocycles. The van der Waals surface area contributed by atoms with Crippen LogP contribution < -0.4 is 0 Å². The fourth-order valence-corrected chi connectivity index (χ4v) is 6.02. The molecule has 3 unspecified atom stereocenters. The minimum atomic E-state index is -0.905. The summed E-state index contributed by atoms with van der Waals surface area (Å²) in [5.41, 5.74) is -0.147. The summed E-state index contributed by atoms with van der Waals surface area (Å²) in [6.45, 7) is 12.0. The number of carbonyl (C=O) groups is 2. The number of rotatable bonds is 8. The fourth-order valence-electron chi connectivity index (χ4n) is 6.02. The monoisotopic (exact) mass is 493 g/mol. The van der Waals surface area contributed by atoms with Crippen LogP contribution in [0.25, 0.3) is 0 Å². The molecule has 2 aromatic carbocycles. The largest absolute Gasteiger partial charge is 0.508 e. The Balaban J connectivity index is 1.78. The zero-order valence-electron chi connectivity index (χ0n) is 22.3. The van der Waals surface area contributed by atoms with Crippen LogP contribution in [0, 0.1) is 17.3 Å². The number of carbonyl (C=O) groups excluding carboxylic acids is 2. The molecular formula is C30H39NO5. The first-order valence-corrected chi connectivity index (χ1v) is 12.9. The SMILES string of the molecule is CC1CCC2C(C)(C)C2(N(OCc2ccccc2)[C@@H](Cc2ccc(O)cc2)C(=O)OC(C)(C)C)C1=O. The summed E-state index contributed by atoms with van der Waals surface area (Å²) >= 11 is 0. The average Bonchev–Trinajstić information content (AvgIpc) is 3.32. The second-order valence-corrected chi connectivity index (χ2v) is 11.9. The highest BCUT2D eigenvalue weighted by Gasteiger charge is 2.80. The van der Waals surface area contributed by atoms with Gasteiger partial charge in [-0.3, -0.25) is 14.4 Å². The number of hydrogen-bond donors (Lipinski definition) is 1. The molecule has 2 aliphatic carbocycles. The van der Waals surface area contributed by atoms with E-state index in [1.807, 2.05) is 58.0 Å². The zero-order valence-corrected chi connectivity index (χ0v) is 22.3. The number of esters is 1. The fraction of sp³-hybridized carbons (Fsp3) is 0.533. The van der Waals surface area contributed by atoms with E-state index in [4.69, 9.17) is 9.57 Å². The van der Waals surface area contributed by atoms with Gasteiger partial charge in [0.1, 0.15) is 22.9 Å². The number of Topliss-reactive ketones (excluding diaryl/α,β-unsaturated/α-hetero) is 1. The van der Waals surface area contributed by atoms with Crippen LogP contribution in [0.2, 0.25) is 0 Å². The maximum Gasteiger partial charge on any atom is 0.326 e. The molecule has 1 N–H and O–H groups in total. The third kappa shape index (κ3) is 4.81. The Morgan fingerprint density at radius 1 is 1.06 bits per heavy atom. The third-order valence-electron chi connectivity index (χ3n) is 7.87. The van der Waals surface area contributed by atoms with Crippen molar-refractivity contribution in [3.05, 3.63) is 65.7 Å². The number of nitrogens with zero attached hydrogens (tertiary/aromatic N) is 1. The summed E-state index contributed by atoms with van der Waals surface area (Å²) in [5, 5.41) is 11.5. The van der Waals surface area contributed by atoms with Crippen molar-refractivity contribution in [3.63, 3.8) is 0 Å². The van der Waals surface area contributed by atoms with Crippen LogP contribution >= 0.6 is 0 Å². The number of aromatic hydroxyl groups is 1. The van der Waals surface area contributed by atoms with Crippen LogP contribution in [0.3, 0.4) is 0 Å². The molecule has 2 aliphatic rings. The van der Waals surface area contributed by atoms with E-state index in [1.165, 1.54) is 0 Å². The first-order valence-electron chi connectivity index (χ1n) is 12.9. The smallest absolute Gasteiger partial charge is 0.326 e. The Morgan fingerprint density at radius 2 is 1.69 bits per heavy atom. The van der Waals surface area contributed by atoms with Crippen molar-refractivity contribution in [2.24, 2.45) is 17.3 Å². The summed E-state index contributed by atoms with van der Waals surface area (Å²) in [5.74, 6) is -0.155. The van der Waals surface area contributed by atoms with Crippen molar-refractivity contribution in [3.8, 4) is 5.75 Å². The molecule has 6 nitrogen and oxygen atoms in total. The Bertz CT molecular complexity index is 1090. The van der Waals surface area contributed by atoms with Crippen molar-refractivity contribution in [1.29, 1.82) is 0 Å². The molecule has 4 atom stereocenters. The van der Waals surface area contributed by atoms with Gasteiger partial charge in [-0.2, -0.15) is 5.06 Å². The van der Waals surface area contributed by atoms with Crippen LogP contribution in [0.1, 0.15) is 65.5 Å². The van der Waals surface area contributed by atoms with E-state index in [1.54, 1.807) is 29.3 Å². The van der Waals surface area contributed by atoms with Gasteiger partial charge in [-0.05, 0) is 68.2 Å². The van der Waals surface area contributed by atoms with Crippen molar-refractivity contribution >= 4 is 11.8 Å². The first kappa shape index (κ1) is 26.4. The average molecular weight is 494 g/mol.